The van der Waals surface area contributed by atoms with Crippen molar-refractivity contribution in [3.63, 3.8) is 0 Å². The molecule has 1 saturated heterocycles. The maximum atomic E-state index is 12.5. The fourth-order valence-electron chi connectivity index (χ4n) is 2.86. The Labute approximate surface area is 140 Å². The number of thioether (sulfide) groups is 1. The van der Waals surface area contributed by atoms with E-state index in [1.54, 1.807) is 12.0 Å². The maximum Gasteiger partial charge on any atom is 0.266 e. The first-order chi connectivity index (χ1) is 10.5. The second kappa shape index (κ2) is 6.18. The van der Waals surface area contributed by atoms with Crippen LogP contribution < -0.4 is 0 Å². The smallest absolute Gasteiger partial charge is 0.266 e. The van der Waals surface area contributed by atoms with Gasteiger partial charge in [0.2, 0.25) is 0 Å². The number of hydrogen-bond acceptors (Lipinski definition) is 4. The molecule has 1 amide bonds. The molecule has 22 heavy (non-hydrogen) atoms. The maximum absolute atomic E-state index is 12.5. The summed E-state index contributed by atoms with van der Waals surface area (Å²) in [7, 11) is 1.63. The van der Waals surface area contributed by atoms with E-state index in [1.807, 2.05) is 6.08 Å². The highest BCUT2D eigenvalue weighted by atomic mass is 32.2. The Kier molecular flexibility index (Phi) is 4.43. The van der Waals surface area contributed by atoms with E-state index in [0.29, 0.717) is 28.4 Å². The number of thiocarbonyl (C=S) groups is 1. The van der Waals surface area contributed by atoms with Crippen LogP contribution in [0.5, 0.6) is 0 Å². The van der Waals surface area contributed by atoms with E-state index in [-0.39, 0.29) is 5.91 Å². The van der Waals surface area contributed by atoms with Crippen molar-refractivity contribution in [2.75, 3.05) is 20.3 Å². The molecular formula is C16H20N2O2S2. The number of ether oxygens (including phenoxy) is 1. The molecule has 0 N–H and O–H groups in total. The summed E-state index contributed by atoms with van der Waals surface area (Å²) in [5.74, 6) is -0.0109. The van der Waals surface area contributed by atoms with Gasteiger partial charge in [0.1, 0.15) is 4.32 Å². The Morgan fingerprint density at radius 2 is 2.18 bits per heavy atom. The van der Waals surface area contributed by atoms with Gasteiger partial charge < -0.3 is 9.30 Å². The average molecular weight is 336 g/mol. The molecule has 4 nitrogen and oxygen atoms in total. The molecule has 2 heterocycles. The third-order valence-electron chi connectivity index (χ3n) is 4.11. The molecule has 0 spiro atoms. The molecule has 0 radical (unpaired) electrons. The third kappa shape index (κ3) is 2.87. The molecule has 0 unspecified atom stereocenters. The van der Waals surface area contributed by atoms with Crippen LogP contribution in [0.25, 0.3) is 6.08 Å². The fraction of sp³-hybridized carbons (Fsp3) is 0.500. The van der Waals surface area contributed by atoms with Crippen LogP contribution in [0.4, 0.5) is 0 Å². The van der Waals surface area contributed by atoms with Crippen molar-refractivity contribution < 1.29 is 9.53 Å². The minimum absolute atomic E-state index is 0.0109. The summed E-state index contributed by atoms with van der Waals surface area (Å²) in [4.78, 5) is 14.8. The van der Waals surface area contributed by atoms with Gasteiger partial charge in [-0.3, -0.25) is 9.69 Å². The van der Waals surface area contributed by atoms with E-state index in [9.17, 15) is 4.79 Å². The summed E-state index contributed by atoms with van der Waals surface area (Å²) in [6.07, 6.45) is 4.50. The van der Waals surface area contributed by atoms with Crippen LogP contribution in [0.1, 0.15) is 35.8 Å². The molecule has 1 aliphatic heterocycles. The molecule has 0 atom stereocenters. The first-order valence-electron chi connectivity index (χ1n) is 7.45. The lowest BCUT2D eigenvalue weighted by Gasteiger charge is -2.12. The molecule has 3 rings (SSSR count). The van der Waals surface area contributed by atoms with E-state index >= 15 is 0 Å². The second-order valence-electron chi connectivity index (χ2n) is 5.75. The van der Waals surface area contributed by atoms with Gasteiger partial charge in [-0.25, -0.2) is 0 Å². The topological polar surface area (TPSA) is 34.5 Å². The summed E-state index contributed by atoms with van der Waals surface area (Å²) < 4.78 is 8.04. The zero-order valence-corrected chi connectivity index (χ0v) is 14.7. The van der Waals surface area contributed by atoms with Crippen LogP contribution in [0.2, 0.25) is 0 Å². The van der Waals surface area contributed by atoms with Crippen LogP contribution in [-0.4, -0.2) is 40.0 Å². The summed E-state index contributed by atoms with van der Waals surface area (Å²) in [5, 5.41) is 0. The summed E-state index contributed by atoms with van der Waals surface area (Å²) in [5.41, 5.74) is 3.62. The SMILES string of the molecule is COCCN1C(=O)/C(=C/c2cc(C)n(C3CC3)c2C)SC1=S. The van der Waals surface area contributed by atoms with Crippen LogP contribution in [0.15, 0.2) is 11.0 Å². The van der Waals surface area contributed by atoms with Crippen molar-refractivity contribution in [3.05, 3.63) is 27.9 Å². The average Bonchev–Trinajstić information content (AvgIpc) is 3.21. The van der Waals surface area contributed by atoms with Crippen LogP contribution in [0, 0.1) is 13.8 Å². The molecule has 1 aliphatic carbocycles. The first kappa shape index (κ1) is 15.8. The van der Waals surface area contributed by atoms with Crippen molar-refractivity contribution in [2.45, 2.75) is 32.7 Å². The minimum Gasteiger partial charge on any atom is -0.383 e. The third-order valence-corrected chi connectivity index (χ3v) is 5.49. The molecule has 1 aromatic heterocycles. The van der Waals surface area contributed by atoms with Gasteiger partial charge >= 0.3 is 0 Å². The molecule has 118 valence electrons. The lowest BCUT2D eigenvalue weighted by Crippen LogP contribution is -2.31. The number of hydrogen-bond donors (Lipinski definition) is 0. The van der Waals surface area contributed by atoms with Gasteiger partial charge in [-0.1, -0.05) is 24.0 Å². The number of nitrogens with zero attached hydrogens (tertiary/aromatic N) is 2. The van der Waals surface area contributed by atoms with E-state index in [4.69, 9.17) is 17.0 Å². The van der Waals surface area contributed by atoms with Gasteiger partial charge in [-0.05, 0) is 44.4 Å². The molecular weight excluding hydrogens is 316 g/mol. The number of amides is 1. The van der Waals surface area contributed by atoms with Crippen molar-refractivity contribution in [2.24, 2.45) is 0 Å². The van der Waals surface area contributed by atoms with Gasteiger partial charge in [-0.15, -0.1) is 0 Å². The molecule has 1 aromatic rings. The zero-order chi connectivity index (χ0) is 15.9. The first-order valence-corrected chi connectivity index (χ1v) is 8.68. The zero-order valence-electron chi connectivity index (χ0n) is 13.1. The Morgan fingerprint density at radius 1 is 1.45 bits per heavy atom. The number of aryl methyl sites for hydroxylation is 1. The van der Waals surface area contributed by atoms with Crippen LogP contribution in [-0.2, 0) is 9.53 Å². The Balaban J connectivity index is 1.85. The normalized spacial score (nSPS) is 20.5. The van der Waals surface area contributed by atoms with Crippen molar-refractivity contribution in [3.8, 4) is 0 Å². The molecule has 2 aliphatic rings. The van der Waals surface area contributed by atoms with E-state index in [2.05, 4.69) is 24.5 Å². The summed E-state index contributed by atoms with van der Waals surface area (Å²) in [6, 6.07) is 2.81. The minimum atomic E-state index is -0.0109. The number of rotatable bonds is 5. The number of carbonyl (C=O) groups is 1. The quantitative estimate of drug-likeness (QED) is 0.610. The highest BCUT2D eigenvalue weighted by Gasteiger charge is 2.32. The lowest BCUT2D eigenvalue weighted by atomic mass is 10.2. The predicted molar refractivity (Wildman–Crippen MR) is 93.9 cm³/mol. The van der Waals surface area contributed by atoms with Crippen molar-refractivity contribution in [1.29, 1.82) is 0 Å². The van der Waals surface area contributed by atoms with Crippen molar-refractivity contribution in [1.82, 2.24) is 9.47 Å². The highest BCUT2D eigenvalue weighted by Crippen LogP contribution is 2.39. The largest absolute Gasteiger partial charge is 0.383 e. The van der Waals surface area contributed by atoms with Crippen LogP contribution in [0.3, 0.4) is 0 Å². The van der Waals surface area contributed by atoms with E-state index < -0.39 is 0 Å². The molecule has 0 aromatic carbocycles. The van der Waals surface area contributed by atoms with E-state index in [0.717, 1.165) is 5.56 Å². The number of methoxy groups -OCH3 is 1. The summed E-state index contributed by atoms with van der Waals surface area (Å²) in [6.45, 7) is 5.27. The standard InChI is InChI=1S/C16H20N2O2S2/c1-10-8-12(11(2)18(10)13-4-5-13)9-14-15(19)17(6-7-20-3)16(21)22-14/h8-9,13H,4-7H2,1-3H3/b14-9-. The van der Waals surface area contributed by atoms with Gasteiger partial charge in [0.15, 0.2) is 0 Å². The Bertz CT molecular complexity index is 659. The summed E-state index contributed by atoms with van der Waals surface area (Å²) >= 11 is 6.69. The fourth-order valence-corrected chi connectivity index (χ4v) is 4.16. The number of aromatic nitrogens is 1. The molecule has 6 heteroatoms. The molecule has 0 bridgehead atoms. The predicted octanol–water partition coefficient (Wildman–Crippen LogP) is 3.29. The van der Waals surface area contributed by atoms with Gasteiger partial charge in [-0.2, -0.15) is 0 Å². The highest BCUT2D eigenvalue weighted by molar-refractivity contribution is 8.26. The second-order valence-corrected chi connectivity index (χ2v) is 7.43. The molecule has 1 saturated carbocycles. The Morgan fingerprint density at radius 3 is 2.82 bits per heavy atom. The van der Waals surface area contributed by atoms with E-state index in [1.165, 1.54) is 36.0 Å². The Hall–Kier alpha value is -1.11. The van der Waals surface area contributed by atoms with Crippen LogP contribution >= 0.6 is 24.0 Å². The van der Waals surface area contributed by atoms with Gasteiger partial charge in [0, 0.05) is 24.5 Å². The molecule has 2 fully saturated rings. The number of carbonyl (C=O) groups excluding carboxylic acids is 1. The van der Waals surface area contributed by atoms with Crippen molar-refractivity contribution >= 4 is 40.3 Å². The lowest BCUT2D eigenvalue weighted by molar-refractivity contribution is -0.122. The monoisotopic (exact) mass is 336 g/mol. The van der Waals surface area contributed by atoms with Gasteiger partial charge in [0.25, 0.3) is 5.91 Å². The van der Waals surface area contributed by atoms with Gasteiger partial charge in [0.05, 0.1) is 18.1 Å².